The first kappa shape index (κ1) is 24.6. The Bertz CT molecular complexity index is 1380. The SMILES string of the molecule is COc1ccc(-c2cc(-c3ccccc3)nc(SCC(=O)Nc3cc(Cl)cc(Cl)c3)c2C#N)cc1. The maximum absolute atomic E-state index is 12.6. The minimum atomic E-state index is -0.268. The van der Waals surface area contributed by atoms with Gasteiger partial charge in [-0.15, -0.1) is 0 Å². The number of hydrogen-bond acceptors (Lipinski definition) is 5. The van der Waals surface area contributed by atoms with E-state index in [-0.39, 0.29) is 11.7 Å². The largest absolute Gasteiger partial charge is 0.497 e. The van der Waals surface area contributed by atoms with Crippen LogP contribution in [0.15, 0.2) is 83.9 Å². The van der Waals surface area contributed by atoms with Crippen LogP contribution in [0.2, 0.25) is 10.0 Å². The van der Waals surface area contributed by atoms with Gasteiger partial charge in [-0.1, -0.05) is 77.4 Å². The molecule has 4 rings (SSSR count). The molecule has 0 bridgehead atoms. The zero-order valence-corrected chi connectivity index (χ0v) is 20.9. The Labute approximate surface area is 217 Å². The molecule has 35 heavy (non-hydrogen) atoms. The van der Waals surface area contributed by atoms with E-state index in [1.165, 1.54) is 11.8 Å². The van der Waals surface area contributed by atoms with Gasteiger partial charge >= 0.3 is 0 Å². The van der Waals surface area contributed by atoms with Crippen LogP contribution in [-0.4, -0.2) is 23.8 Å². The highest BCUT2D eigenvalue weighted by molar-refractivity contribution is 8.00. The number of amides is 1. The van der Waals surface area contributed by atoms with Crippen molar-refractivity contribution in [1.29, 1.82) is 5.26 Å². The molecule has 0 saturated heterocycles. The average Bonchev–Trinajstić information content (AvgIpc) is 2.87. The number of benzene rings is 3. The first-order valence-electron chi connectivity index (χ1n) is 10.5. The lowest BCUT2D eigenvalue weighted by molar-refractivity contribution is -0.113. The number of nitriles is 1. The van der Waals surface area contributed by atoms with Crippen molar-refractivity contribution in [2.45, 2.75) is 5.03 Å². The topological polar surface area (TPSA) is 75.0 Å². The number of nitrogens with zero attached hydrogens (tertiary/aromatic N) is 2. The van der Waals surface area contributed by atoms with Crippen LogP contribution in [0, 0.1) is 11.3 Å². The molecule has 1 heterocycles. The summed E-state index contributed by atoms with van der Waals surface area (Å²) in [5.41, 5.74) is 4.10. The molecule has 174 valence electrons. The highest BCUT2D eigenvalue weighted by Crippen LogP contribution is 2.35. The van der Waals surface area contributed by atoms with Crippen LogP contribution in [0.3, 0.4) is 0 Å². The second-order valence-electron chi connectivity index (χ2n) is 7.44. The zero-order chi connectivity index (χ0) is 24.8. The Morgan fingerprint density at radius 2 is 1.69 bits per heavy atom. The van der Waals surface area contributed by atoms with Crippen molar-refractivity contribution in [3.05, 3.63) is 94.5 Å². The number of hydrogen-bond donors (Lipinski definition) is 1. The minimum absolute atomic E-state index is 0.0477. The average molecular weight is 520 g/mol. The Morgan fingerprint density at radius 3 is 2.31 bits per heavy atom. The van der Waals surface area contributed by atoms with E-state index in [0.29, 0.717) is 32.0 Å². The van der Waals surface area contributed by atoms with E-state index in [9.17, 15) is 10.1 Å². The second kappa shape index (κ2) is 11.3. The molecule has 0 aliphatic heterocycles. The van der Waals surface area contributed by atoms with Gasteiger partial charge in [-0.05, 0) is 42.0 Å². The molecule has 1 amide bonds. The van der Waals surface area contributed by atoms with Crippen LogP contribution < -0.4 is 10.1 Å². The molecule has 0 aliphatic carbocycles. The Morgan fingerprint density at radius 1 is 1.00 bits per heavy atom. The van der Waals surface area contributed by atoms with E-state index in [1.54, 1.807) is 25.3 Å². The van der Waals surface area contributed by atoms with Crippen molar-refractivity contribution in [2.75, 3.05) is 18.2 Å². The first-order chi connectivity index (χ1) is 17.0. The monoisotopic (exact) mass is 519 g/mol. The lowest BCUT2D eigenvalue weighted by Gasteiger charge is -2.13. The summed E-state index contributed by atoms with van der Waals surface area (Å²) in [4.78, 5) is 17.4. The van der Waals surface area contributed by atoms with Crippen molar-refractivity contribution < 1.29 is 9.53 Å². The standard InChI is InChI=1S/C27H19Cl2N3O2S/c1-34-22-9-7-17(8-10-22)23-14-25(18-5-3-2-4-6-18)32-27(24(23)15-30)35-16-26(33)31-21-12-19(28)11-20(29)13-21/h2-14H,16H2,1H3,(H,31,33). The van der Waals surface area contributed by atoms with Crippen molar-refractivity contribution in [1.82, 2.24) is 4.98 Å². The van der Waals surface area contributed by atoms with Crippen LogP contribution in [-0.2, 0) is 4.79 Å². The third-order valence-electron chi connectivity index (χ3n) is 5.05. The maximum Gasteiger partial charge on any atom is 0.234 e. The van der Waals surface area contributed by atoms with Crippen molar-refractivity contribution in [3.8, 4) is 34.2 Å². The van der Waals surface area contributed by atoms with Gasteiger partial charge in [-0.2, -0.15) is 5.26 Å². The van der Waals surface area contributed by atoms with Gasteiger partial charge in [0, 0.05) is 26.9 Å². The molecule has 5 nitrogen and oxygen atoms in total. The molecule has 0 unspecified atom stereocenters. The number of nitrogens with one attached hydrogen (secondary N) is 1. The van der Waals surface area contributed by atoms with E-state index < -0.39 is 0 Å². The van der Waals surface area contributed by atoms with E-state index in [1.807, 2.05) is 60.7 Å². The molecule has 1 N–H and O–H groups in total. The first-order valence-corrected chi connectivity index (χ1v) is 12.2. The number of carbonyl (C=O) groups excluding carboxylic acids is 1. The molecular formula is C27H19Cl2N3O2S. The molecule has 0 radical (unpaired) electrons. The van der Waals surface area contributed by atoms with Crippen LogP contribution in [0.25, 0.3) is 22.4 Å². The molecular weight excluding hydrogens is 501 g/mol. The van der Waals surface area contributed by atoms with Crippen molar-refractivity contribution in [2.24, 2.45) is 0 Å². The molecule has 0 fully saturated rings. The van der Waals surface area contributed by atoms with Crippen LogP contribution in [0.1, 0.15) is 5.56 Å². The van der Waals surface area contributed by atoms with Crippen LogP contribution >= 0.6 is 35.0 Å². The number of pyridine rings is 1. The summed E-state index contributed by atoms with van der Waals surface area (Å²) in [5, 5.41) is 14.1. The summed E-state index contributed by atoms with van der Waals surface area (Å²) in [6.45, 7) is 0. The summed E-state index contributed by atoms with van der Waals surface area (Å²) in [5.74, 6) is 0.499. The molecule has 8 heteroatoms. The van der Waals surface area contributed by atoms with Crippen LogP contribution in [0.4, 0.5) is 5.69 Å². The zero-order valence-electron chi connectivity index (χ0n) is 18.6. The Kier molecular flexibility index (Phi) is 7.94. The molecule has 4 aromatic rings. The number of ether oxygens (including phenoxy) is 1. The number of rotatable bonds is 7. The van der Waals surface area contributed by atoms with Gasteiger partial charge in [0.05, 0.1) is 24.1 Å². The summed E-state index contributed by atoms with van der Waals surface area (Å²) in [6, 6.07) is 26.2. The van der Waals surface area contributed by atoms with Crippen LogP contribution in [0.5, 0.6) is 5.75 Å². The summed E-state index contributed by atoms with van der Waals surface area (Å²) in [7, 11) is 1.60. The lowest BCUT2D eigenvalue weighted by atomic mass is 9.99. The second-order valence-corrected chi connectivity index (χ2v) is 9.27. The number of thioether (sulfide) groups is 1. The smallest absolute Gasteiger partial charge is 0.234 e. The summed E-state index contributed by atoms with van der Waals surface area (Å²) >= 11 is 13.2. The predicted molar refractivity (Wildman–Crippen MR) is 142 cm³/mol. The molecule has 0 spiro atoms. The van der Waals surface area contributed by atoms with E-state index in [0.717, 1.165) is 22.4 Å². The Balaban J connectivity index is 1.68. The van der Waals surface area contributed by atoms with Gasteiger partial charge in [0.1, 0.15) is 16.8 Å². The Hall–Kier alpha value is -3.50. The van der Waals surface area contributed by atoms with Gasteiger partial charge in [0.2, 0.25) is 5.91 Å². The van der Waals surface area contributed by atoms with Gasteiger partial charge in [0.25, 0.3) is 0 Å². The van der Waals surface area contributed by atoms with Crippen molar-refractivity contribution in [3.63, 3.8) is 0 Å². The fraction of sp³-hybridized carbons (Fsp3) is 0.0741. The maximum atomic E-state index is 12.6. The third kappa shape index (κ3) is 6.14. The molecule has 3 aromatic carbocycles. The van der Waals surface area contributed by atoms with Gasteiger partial charge < -0.3 is 10.1 Å². The van der Waals surface area contributed by atoms with E-state index in [2.05, 4.69) is 11.4 Å². The summed E-state index contributed by atoms with van der Waals surface area (Å²) < 4.78 is 5.26. The number of anilines is 1. The van der Waals surface area contributed by atoms with Gasteiger partial charge in [0.15, 0.2) is 0 Å². The highest BCUT2D eigenvalue weighted by atomic mass is 35.5. The van der Waals surface area contributed by atoms with Gasteiger partial charge in [-0.25, -0.2) is 4.98 Å². The molecule has 0 saturated carbocycles. The van der Waals surface area contributed by atoms with E-state index >= 15 is 0 Å². The lowest BCUT2D eigenvalue weighted by Crippen LogP contribution is -2.14. The normalized spacial score (nSPS) is 10.5. The van der Waals surface area contributed by atoms with Crippen molar-refractivity contribution >= 4 is 46.6 Å². The molecule has 0 atom stereocenters. The number of carbonyl (C=O) groups is 1. The minimum Gasteiger partial charge on any atom is -0.497 e. The quantitative estimate of drug-likeness (QED) is 0.258. The fourth-order valence-electron chi connectivity index (χ4n) is 3.45. The number of halogens is 2. The number of methoxy groups -OCH3 is 1. The van der Waals surface area contributed by atoms with E-state index in [4.69, 9.17) is 32.9 Å². The highest BCUT2D eigenvalue weighted by Gasteiger charge is 2.17. The predicted octanol–water partition coefficient (Wildman–Crippen LogP) is 7.33. The van der Waals surface area contributed by atoms with Gasteiger partial charge in [-0.3, -0.25) is 4.79 Å². The molecule has 1 aromatic heterocycles. The third-order valence-corrected chi connectivity index (χ3v) is 6.47. The fourth-order valence-corrected chi connectivity index (χ4v) is 4.78. The molecule has 0 aliphatic rings. The number of aromatic nitrogens is 1. The summed E-state index contributed by atoms with van der Waals surface area (Å²) in [6.07, 6.45) is 0.